The van der Waals surface area contributed by atoms with Crippen LogP contribution in [0.25, 0.3) is 0 Å². The zero-order valence-electron chi connectivity index (χ0n) is 18.3. The van der Waals surface area contributed by atoms with E-state index in [0.717, 1.165) is 12.1 Å². The predicted octanol–water partition coefficient (Wildman–Crippen LogP) is 2.92. The van der Waals surface area contributed by atoms with Crippen molar-refractivity contribution in [1.82, 2.24) is 9.97 Å². The van der Waals surface area contributed by atoms with E-state index in [1.165, 1.54) is 24.1 Å². The Morgan fingerprint density at radius 1 is 1.33 bits per heavy atom. The molecule has 33 heavy (non-hydrogen) atoms. The average Bonchev–Trinajstić information content (AvgIpc) is 2.76. The molecular weight excluding hydrogens is 439 g/mol. The lowest BCUT2D eigenvalue weighted by Crippen LogP contribution is -2.42. The first kappa shape index (κ1) is 25.7. The van der Waals surface area contributed by atoms with Crippen molar-refractivity contribution >= 4 is 23.4 Å². The van der Waals surface area contributed by atoms with Crippen LogP contribution < -0.4 is 26.4 Å². The molecule has 0 spiro atoms. The Hall–Kier alpha value is -3.59. The Bertz CT molecular complexity index is 1010. The number of nitrogen functional groups attached to an aromatic ring is 1. The minimum Gasteiger partial charge on any atom is -0.477 e. The van der Waals surface area contributed by atoms with Gasteiger partial charge in [0.05, 0.1) is 12.2 Å². The number of unbranched alkanes of at least 4 members (excludes halogenated alkanes) is 1. The topological polar surface area (TPSA) is 143 Å². The highest BCUT2D eigenvalue weighted by Gasteiger charge is 2.32. The summed E-state index contributed by atoms with van der Waals surface area (Å²) >= 11 is 0. The molecule has 1 atom stereocenters. The lowest BCUT2D eigenvalue weighted by molar-refractivity contribution is -0.137. The molecule has 0 saturated carbocycles. The number of alkyl halides is 3. The van der Waals surface area contributed by atoms with E-state index in [1.54, 1.807) is 6.92 Å². The van der Waals surface area contributed by atoms with E-state index in [0.29, 0.717) is 25.8 Å². The van der Waals surface area contributed by atoms with Crippen LogP contribution in [0.2, 0.25) is 0 Å². The number of likely N-dealkylation sites (N-methyl/N-ethyl adjacent to an activating group) is 1. The SMILES string of the molecule is CCOc1nc(N)nc(NC(=O)[C@H](CCCCN)N(C)c2cccc(C(F)(F)F)c2)c1C#N. The van der Waals surface area contributed by atoms with Crippen LogP contribution in [-0.2, 0) is 11.0 Å². The van der Waals surface area contributed by atoms with Crippen LogP contribution in [0, 0.1) is 11.3 Å². The second kappa shape index (κ2) is 11.3. The number of halogens is 3. The smallest absolute Gasteiger partial charge is 0.416 e. The number of carbonyl (C=O) groups is 1. The second-order valence-electron chi connectivity index (χ2n) is 7.10. The summed E-state index contributed by atoms with van der Waals surface area (Å²) in [4.78, 5) is 22.4. The van der Waals surface area contributed by atoms with Gasteiger partial charge in [-0.15, -0.1) is 0 Å². The van der Waals surface area contributed by atoms with Gasteiger partial charge in [-0.05, 0) is 50.9 Å². The molecule has 0 aliphatic heterocycles. The fourth-order valence-electron chi connectivity index (χ4n) is 3.15. The van der Waals surface area contributed by atoms with Crippen molar-refractivity contribution in [2.45, 2.75) is 38.4 Å². The van der Waals surface area contributed by atoms with Crippen molar-refractivity contribution in [1.29, 1.82) is 5.26 Å². The standard InChI is InChI=1S/C21H26F3N7O2/c1-3-33-19-15(12-26)17(29-20(27)30-19)28-18(32)16(9-4-5-10-25)31(2)14-8-6-7-13(11-14)21(22,23)24/h6-8,11,16H,3-5,9-10,25H2,1-2H3,(H3,27,28,29,30,32)/t16-/m0/s1. The monoisotopic (exact) mass is 465 g/mol. The first-order valence-electron chi connectivity index (χ1n) is 10.2. The number of anilines is 3. The summed E-state index contributed by atoms with van der Waals surface area (Å²) in [5, 5.41) is 12.1. The third-order valence-electron chi connectivity index (χ3n) is 4.81. The lowest BCUT2D eigenvalue weighted by atomic mass is 10.1. The van der Waals surface area contributed by atoms with Gasteiger partial charge >= 0.3 is 6.18 Å². The van der Waals surface area contributed by atoms with Gasteiger partial charge in [0.25, 0.3) is 0 Å². The minimum absolute atomic E-state index is 0.0753. The summed E-state index contributed by atoms with van der Waals surface area (Å²) < 4.78 is 44.8. The number of aromatic nitrogens is 2. The van der Waals surface area contributed by atoms with Crippen LogP contribution >= 0.6 is 0 Å². The Balaban J connectivity index is 2.38. The maximum Gasteiger partial charge on any atom is 0.416 e. The summed E-state index contributed by atoms with van der Waals surface area (Å²) in [5.74, 6) is -1.00. The molecule has 0 bridgehead atoms. The first-order chi connectivity index (χ1) is 15.6. The number of carbonyl (C=O) groups excluding carboxylic acids is 1. The van der Waals surface area contributed by atoms with Gasteiger partial charge in [-0.3, -0.25) is 4.79 Å². The van der Waals surface area contributed by atoms with Crippen LogP contribution in [0.15, 0.2) is 24.3 Å². The molecule has 178 valence electrons. The number of benzene rings is 1. The number of hydrogen-bond acceptors (Lipinski definition) is 8. The number of nitriles is 1. The Kier molecular flexibility index (Phi) is 8.81. The highest BCUT2D eigenvalue weighted by Crippen LogP contribution is 2.32. The zero-order valence-corrected chi connectivity index (χ0v) is 18.3. The van der Waals surface area contributed by atoms with Crippen LogP contribution in [-0.4, -0.2) is 42.1 Å². The van der Waals surface area contributed by atoms with E-state index in [-0.39, 0.29) is 35.5 Å². The van der Waals surface area contributed by atoms with Crippen LogP contribution in [0.1, 0.15) is 37.3 Å². The quantitative estimate of drug-likeness (QED) is 0.455. The van der Waals surface area contributed by atoms with Crippen LogP contribution in [0.4, 0.5) is 30.6 Å². The highest BCUT2D eigenvalue weighted by atomic mass is 19.4. The van der Waals surface area contributed by atoms with Gasteiger partial charge in [0.1, 0.15) is 12.1 Å². The Morgan fingerprint density at radius 3 is 2.67 bits per heavy atom. The van der Waals surface area contributed by atoms with Crippen molar-refractivity contribution in [2.24, 2.45) is 5.73 Å². The predicted molar refractivity (Wildman–Crippen MR) is 117 cm³/mol. The van der Waals surface area contributed by atoms with E-state index < -0.39 is 23.7 Å². The summed E-state index contributed by atoms with van der Waals surface area (Å²) in [7, 11) is 1.52. The highest BCUT2D eigenvalue weighted by molar-refractivity contribution is 5.97. The second-order valence-corrected chi connectivity index (χ2v) is 7.10. The molecule has 2 aromatic rings. The third kappa shape index (κ3) is 6.69. The molecule has 0 saturated heterocycles. The molecule has 0 fully saturated rings. The number of amides is 1. The fraction of sp³-hybridized carbons (Fsp3) is 0.429. The average molecular weight is 465 g/mol. The molecule has 5 N–H and O–H groups in total. The Labute approximate surface area is 189 Å². The molecule has 0 aliphatic carbocycles. The van der Waals surface area contributed by atoms with Gasteiger partial charge in [-0.2, -0.15) is 28.4 Å². The van der Waals surface area contributed by atoms with Gasteiger partial charge in [-0.25, -0.2) is 0 Å². The first-order valence-corrected chi connectivity index (χ1v) is 10.2. The van der Waals surface area contributed by atoms with Crippen LogP contribution in [0.3, 0.4) is 0 Å². The molecule has 9 nitrogen and oxygen atoms in total. The molecule has 2 rings (SSSR count). The number of nitrogens with zero attached hydrogens (tertiary/aromatic N) is 4. The molecule has 1 aromatic heterocycles. The largest absolute Gasteiger partial charge is 0.477 e. The lowest BCUT2D eigenvalue weighted by Gasteiger charge is -2.29. The molecule has 1 amide bonds. The van der Waals surface area contributed by atoms with Crippen molar-refractivity contribution in [2.75, 3.05) is 36.1 Å². The molecular formula is C21H26F3N7O2. The summed E-state index contributed by atoms with van der Waals surface area (Å²) in [6.07, 6.45) is -3.04. The van der Waals surface area contributed by atoms with Gasteiger partial charge in [-0.1, -0.05) is 6.07 Å². The van der Waals surface area contributed by atoms with E-state index in [4.69, 9.17) is 16.2 Å². The van der Waals surface area contributed by atoms with E-state index in [2.05, 4.69) is 15.3 Å². The number of nitrogens with two attached hydrogens (primary N) is 2. The van der Waals surface area contributed by atoms with Crippen molar-refractivity contribution < 1.29 is 22.7 Å². The van der Waals surface area contributed by atoms with Gasteiger partial charge in [0, 0.05) is 12.7 Å². The molecule has 0 radical (unpaired) electrons. The minimum atomic E-state index is -4.52. The van der Waals surface area contributed by atoms with Crippen LogP contribution in [0.5, 0.6) is 5.88 Å². The van der Waals surface area contributed by atoms with Crippen molar-refractivity contribution in [3.8, 4) is 11.9 Å². The number of ether oxygens (including phenoxy) is 1. The van der Waals surface area contributed by atoms with E-state index in [9.17, 15) is 23.2 Å². The number of rotatable bonds is 10. The van der Waals surface area contributed by atoms with Crippen molar-refractivity contribution in [3.63, 3.8) is 0 Å². The zero-order chi connectivity index (χ0) is 24.6. The maximum atomic E-state index is 13.2. The summed E-state index contributed by atoms with van der Waals surface area (Å²) in [5.41, 5.74) is 10.5. The summed E-state index contributed by atoms with van der Waals surface area (Å²) in [6.45, 7) is 2.30. The molecule has 0 unspecified atom stereocenters. The Morgan fingerprint density at radius 2 is 2.06 bits per heavy atom. The molecule has 1 heterocycles. The molecule has 12 heteroatoms. The van der Waals surface area contributed by atoms with E-state index >= 15 is 0 Å². The van der Waals surface area contributed by atoms with E-state index in [1.807, 2.05) is 6.07 Å². The van der Waals surface area contributed by atoms with Gasteiger partial charge in [0.2, 0.25) is 17.7 Å². The number of nitrogens with one attached hydrogen (secondary N) is 1. The molecule has 0 aliphatic rings. The maximum absolute atomic E-state index is 13.2. The third-order valence-corrected chi connectivity index (χ3v) is 4.81. The fourth-order valence-corrected chi connectivity index (χ4v) is 3.15. The summed E-state index contributed by atoms with van der Waals surface area (Å²) in [6, 6.07) is 5.69. The van der Waals surface area contributed by atoms with Gasteiger partial charge < -0.3 is 26.4 Å². The van der Waals surface area contributed by atoms with Gasteiger partial charge in [0.15, 0.2) is 11.4 Å². The van der Waals surface area contributed by atoms with Crippen molar-refractivity contribution in [3.05, 3.63) is 35.4 Å². The number of hydrogen-bond donors (Lipinski definition) is 3. The molecule has 1 aromatic carbocycles. The normalized spacial score (nSPS) is 12.0.